The number of carboxylic acid groups (broad SMARTS) is 1. The van der Waals surface area contributed by atoms with E-state index < -0.39 is 5.97 Å². The van der Waals surface area contributed by atoms with Gasteiger partial charge in [0.25, 0.3) is 0 Å². The average molecular weight is 264 g/mol. The number of hydrogen-bond donors (Lipinski definition) is 0. The van der Waals surface area contributed by atoms with Crippen molar-refractivity contribution in [3.05, 3.63) is 32.8 Å². The molecule has 0 aliphatic rings. The van der Waals surface area contributed by atoms with E-state index in [2.05, 4.69) is 0 Å². The van der Waals surface area contributed by atoms with Crippen LogP contribution in [0.15, 0.2) is 12.1 Å². The summed E-state index contributed by atoms with van der Waals surface area (Å²) < 4.78 is 0. The molecule has 0 saturated carbocycles. The van der Waals surface area contributed by atoms with Crippen molar-refractivity contribution in [2.24, 2.45) is 0 Å². The van der Waals surface area contributed by atoms with Crippen LogP contribution in [-0.4, -0.2) is 5.97 Å². The first-order chi connectivity index (χ1) is 5.54. The Balaban J connectivity index is 0.00000144. The zero-order chi connectivity index (χ0) is 9.30. The van der Waals surface area contributed by atoms with Gasteiger partial charge >= 0.3 is 51.4 Å². The quantitative estimate of drug-likeness (QED) is 0.482. The molecule has 64 valence electrons. The molecule has 0 atom stereocenters. The van der Waals surface area contributed by atoms with Gasteiger partial charge in [-0.05, 0) is 12.1 Å². The average Bonchev–Trinajstić information content (AvgIpc) is 1.97. The van der Waals surface area contributed by atoms with Crippen LogP contribution in [0.1, 0.15) is 10.4 Å². The predicted octanol–water partition coefficient (Wildman–Crippen LogP) is -0.986. The van der Waals surface area contributed by atoms with Gasteiger partial charge in [0.05, 0.1) is 21.0 Å². The molecule has 0 N–H and O–H groups in total. The normalized spacial score (nSPS) is 9.15. The first kappa shape index (κ1) is 14.2. The van der Waals surface area contributed by atoms with E-state index in [9.17, 15) is 9.90 Å². The van der Waals surface area contributed by atoms with Gasteiger partial charge in [-0.3, -0.25) is 0 Å². The first-order valence-electron chi connectivity index (χ1n) is 2.89. The molecule has 0 amide bonds. The second-order valence-corrected chi connectivity index (χ2v) is 3.20. The molecule has 0 spiro atoms. The summed E-state index contributed by atoms with van der Waals surface area (Å²) in [4.78, 5) is 10.5. The molecule has 0 bridgehead atoms. The van der Waals surface area contributed by atoms with Crippen LogP contribution in [-0.2, 0) is 0 Å². The van der Waals surface area contributed by atoms with Crippen LogP contribution in [0.25, 0.3) is 0 Å². The molecule has 0 aromatic heterocycles. The maximum atomic E-state index is 10.5. The van der Waals surface area contributed by atoms with Crippen LogP contribution in [0.2, 0.25) is 15.1 Å². The molecule has 0 saturated heterocycles. The summed E-state index contributed by atoms with van der Waals surface area (Å²) in [7, 11) is 0. The summed E-state index contributed by atoms with van der Waals surface area (Å²) in [5, 5.41) is 10.5. The molecule has 1 aromatic rings. The Labute approximate surface area is 133 Å². The van der Waals surface area contributed by atoms with E-state index in [0.29, 0.717) is 0 Å². The fourth-order valence-electron chi connectivity index (χ4n) is 0.714. The molecule has 0 aliphatic carbocycles. The Hall–Kier alpha value is 1.20. The zero-order valence-electron chi connectivity index (χ0n) is 6.61. The second-order valence-electron chi connectivity index (χ2n) is 2.01. The van der Waals surface area contributed by atoms with Crippen molar-refractivity contribution in [2.45, 2.75) is 0 Å². The predicted molar refractivity (Wildman–Crippen MR) is 45.8 cm³/mol. The molecule has 0 aliphatic heterocycles. The number of halogens is 3. The van der Waals surface area contributed by atoms with Crippen molar-refractivity contribution in [2.75, 3.05) is 0 Å². The van der Waals surface area contributed by atoms with Crippen molar-refractivity contribution in [3.63, 3.8) is 0 Å². The van der Waals surface area contributed by atoms with E-state index in [4.69, 9.17) is 34.8 Å². The minimum absolute atomic E-state index is 0. The molecule has 13 heavy (non-hydrogen) atoms. The number of benzene rings is 1. The van der Waals surface area contributed by atoms with Crippen molar-refractivity contribution < 1.29 is 61.3 Å². The number of carboxylic acids is 1. The standard InChI is InChI=1S/C7H3Cl3O2.K/c8-3-1-2-4(9)6(10)5(3)7(11)12;/h1-2H,(H,11,12);/q;+1/p-1. The first-order valence-corrected chi connectivity index (χ1v) is 4.02. The van der Waals surface area contributed by atoms with E-state index in [1.807, 2.05) is 0 Å². The smallest absolute Gasteiger partial charge is 0.545 e. The molecule has 1 aromatic carbocycles. The molecule has 6 heteroatoms. The van der Waals surface area contributed by atoms with Gasteiger partial charge in [0.15, 0.2) is 0 Å². The molecule has 0 radical (unpaired) electrons. The Morgan fingerprint density at radius 1 is 1.15 bits per heavy atom. The van der Waals surface area contributed by atoms with Gasteiger partial charge in [-0.15, -0.1) is 0 Å². The number of aromatic carboxylic acids is 1. The van der Waals surface area contributed by atoms with Crippen LogP contribution in [0.3, 0.4) is 0 Å². The second kappa shape index (κ2) is 5.93. The molecule has 1 rings (SSSR count). The summed E-state index contributed by atoms with van der Waals surface area (Å²) in [5.41, 5.74) is -0.272. The molecule has 0 unspecified atom stereocenters. The molecule has 0 heterocycles. The Bertz CT molecular complexity index is 341. The topological polar surface area (TPSA) is 40.1 Å². The summed E-state index contributed by atoms with van der Waals surface area (Å²) in [6, 6.07) is 2.76. The van der Waals surface area contributed by atoms with Gasteiger partial charge in [0, 0.05) is 5.56 Å². The third-order valence-electron chi connectivity index (χ3n) is 1.25. The third-order valence-corrected chi connectivity index (χ3v) is 2.37. The van der Waals surface area contributed by atoms with Gasteiger partial charge < -0.3 is 9.90 Å². The molecular formula is C7H2Cl3KO2. The van der Waals surface area contributed by atoms with Gasteiger partial charge in [-0.2, -0.15) is 0 Å². The Morgan fingerprint density at radius 2 is 1.62 bits per heavy atom. The third kappa shape index (κ3) is 3.36. The van der Waals surface area contributed by atoms with Crippen molar-refractivity contribution >= 4 is 40.8 Å². The summed E-state index contributed by atoms with van der Waals surface area (Å²) in [6.45, 7) is 0. The monoisotopic (exact) mass is 262 g/mol. The maximum absolute atomic E-state index is 10.5. The Kier molecular flexibility index (Phi) is 6.47. The van der Waals surface area contributed by atoms with Crippen molar-refractivity contribution in [1.82, 2.24) is 0 Å². The van der Waals surface area contributed by atoms with Crippen molar-refractivity contribution in [3.8, 4) is 0 Å². The zero-order valence-corrected chi connectivity index (χ0v) is 12.0. The van der Waals surface area contributed by atoms with Crippen LogP contribution in [0.4, 0.5) is 0 Å². The summed E-state index contributed by atoms with van der Waals surface area (Å²) >= 11 is 16.6. The van der Waals surface area contributed by atoms with E-state index in [0.717, 1.165) is 0 Å². The van der Waals surface area contributed by atoms with Crippen LogP contribution in [0, 0.1) is 0 Å². The number of carbonyl (C=O) groups is 1. The molecule has 0 fully saturated rings. The number of carbonyl (C=O) groups excluding carboxylic acids is 1. The minimum atomic E-state index is -1.44. The summed E-state index contributed by atoms with van der Waals surface area (Å²) in [6.07, 6.45) is 0. The van der Waals surface area contributed by atoms with Gasteiger partial charge in [-0.1, -0.05) is 34.8 Å². The minimum Gasteiger partial charge on any atom is -0.545 e. The Morgan fingerprint density at radius 3 is 2.00 bits per heavy atom. The largest absolute Gasteiger partial charge is 1.00 e. The van der Waals surface area contributed by atoms with E-state index in [1.54, 1.807) is 0 Å². The SMILES string of the molecule is O=C([O-])c1c(Cl)ccc(Cl)c1Cl.[K+]. The van der Waals surface area contributed by atoms with E-state index >= 15 is 0 Å². The van der Waals surface area contributed by atoms with E-state index in [1.165, 1.54) is 12.1 Å². The van der Waals surface area contributed by atoms with E-state index in [-0.39, 0.29) is 72.0 Å². The number of rotatable bonds is 1. The molecule has 2 nitrogen and oxygen atoms in total. The summed E-state index contributed by atoms with van der Waals surface area (Å²) in [5.74, 6) is -1.44. The van der Waals surface area contributed by atoms with Crippen LogP contribution >= 0.6 is 34.8 Å². The van der Waals surface area contributed by atoms with Crippen molar-refractivity contribution in [1.29, 1.82) is 0 Å². The fourth-order valence-corrected chi connectivity index (χ4v) is 1.40. The van der Waals surface area contributed by atoms with Gasteiger partial charge in [-0.25, -0.2) is 0 Å². The molecular weight excluding hydrogens is 262 g/mol. The maximum Gasteiger partial charge on any atom is 1.00 e. The van der Waals surface area contributed by atoms with Gasteiger partial charge in [0.2, 0.25) is 0 Å². The van der Waals surface area contributed by atoms with Crippen LogP contribution < -0.4 is 56.5 Å². The van der Waals surface area contributed by atoms with Crippen LogP contribution in [0.5, 0.6) is 0 Å². The fraction of sp³-hybridized carbons (Fsp3) is 0. The number of hydrogen-bond acceptors (Lipinski definition) is 2. The van der Waals surface area contributed by atoms with Gasteiger partial charge in [0.1, 0.15) is 0 Å².